The van der Waals surface area contributed by atoms with Gasteiger partial charge in [0.15, 0.2) is 8.32 Å². The first-order chi connectivity index (χ1) is 8.93. The minimum absolute atomic E-state index is 0.181. The maximum absolute atomic E-state index is 11.0. The fraction of sp³-hybridized carbons (Fsp3) is 0.750. The Morgan fingerprint density at radius 1 is 1.40 bits per heavy atom. The van der Waals surface area contributed by atoms with Gasteiger partial charge < -0.3 is 8.84 Å². The first-order valence-corrected chi connectivity index (χ1v) is 11.0. The van der Waals surface area contributed by atoms with Crippen LogP contribution in [-0.2, 0) is 20.9 Å². The molecule has 1 aromatic heterocycles. The second-order valence-electron chi connectivity index (χ2n) is 6.35. The summed E-state index contributed by atoms with van der Waals surface area (Å²) in [6.45, 7) is 11.6. The van der Waals surface area contributed by atoms with Gasteiger partial charge in [0, 0.05) is 13.0 Å². The van der Waals surface area contributed by atoms with Crippen molar-refractivity contribution in [2.45, 2.75) is 57.0 Å². The normalized spacial score (nSPS) is 13.7. The second-order valence-corrected chi connectivity index (χ2v) is 12.6. The van der Waals surface area contributed by atoms with E-state index >= 15 is 0 Å². The smallest absolute Gasteiger partial charge is 0.330 e. The van der Waals surface area contributed by atoms with Crippen molar-refractivity contribution in [2.24, 2.45) is 5.14 Å². The van der Waals surface area contributed by atoms with Crippen LogP contribution in [0.15, 0.2) is 15.8 Å². The molecule has 20 heavy (non-hydrogen) atoms. The van der Waals surface area contributed by atoms with Gasteiger partial charge in [-0.15, -0.1) is 0 Å². The van der Waals surface area contributed by atoms with E-state index in [-0.39, 0.29) is 5.04 Å². The molecule has 0 aliphatic rings. The van der Waals surface area contributed by atoms with E-state index in [2.05, 4.69) is 38.8 Å². The molecular weight excluding hydrogens is 296 g/mol. The standard InChI is InChI=1S/C12H24N2O4SSi/c1-12(2,3)20(4,5)17-8-6-7-10-9-14-11(18-10)19(13,15)16/h9H,6-8H2,1-5H3,(H2,13,15,16). The SMILES string of the molecule is CC(C)(C)[Si](C)(C)OCCCc1cnc(S(N)(=O)=O)o1. The van der Waals surface area contributed by atoms with Crippen molar-refractivity contribution >= 4 is 18.3 Å². The minimum Gasteiger partial charge on any atom is -0.432 e. The zero-order valence-electron chi connectivity index (χ0n) is 12.8. The third-order valence-corrected chi connectivity index (χ3v) is 8.83. The number of nitrogens with zero attached hydrogens (tertiary/aromatic N) is 1. The second kappa shape index (κ2) is 5.96. The largest absolute Gasteiger partial charge is 0.432 e. The van der Waals surface area contributed by atoms with Gasteiger partial charge in [0.1, 0.15) is 5.76 Å². The van der Waals surface area contributed by atoms with Crippen LogP contribution < -0.4 is 5.14 Å². The van der Waals surface area contributed by atoms with E-state index < -0.39 is 23.6 Å². The lowest BCUT2D eigenvalue weighted by Gasteiger charge is -2.36. The Kier molecular flexibility index (Phi) is 5.17. The van der Waals surface area contributed by atoms with Crippen LogP contribution >= 0.6 is 0 Å². The molecule has 0 atom stereocenters. The van der Waals surface area contributed by atoms with Crippen LogP contribution in [0.2, 0.25) is 18.1 Å². The fourth-order valence-electron chi connectivity index (χ4n) is 1.33. The van der Waals surface area contributed by atoms with Gasteiger partial charge in [-0.3, -0.25) is 0 Å². The van der Waals surface area contributed by atoms with Crippen LogP contribution in [0.3, 0.4) is 0 Å². The molecule has 0 fully saturated rings. The highest BCUT2D eigenvalue weighted by Gasteiger charge is 2.36. The van der Waals surface area contributed by atoms with Gasteiger partial charge in [0.05, 0.1) is 6.20 Å². The maximum Gasteiger partial charge on any atom is 0.330 e. The number of hydrogen-bond acceptors (Lipinski definition) is 5. The average Bonchev–Trinajstić information content (AvgIpc) is 2.71. The molecule has 0 aromatic carbocycles. The lowest BCUT2D eigenvalue weighted by Crippen LogP contribution is -2.41. The predicted octanol–water partition coefficient (Wildman–Crippen LogP) is 2.28. The Morgan fingerprint density at radius 3 is 2.45 bits per heavy atom. The lowest BCUT2D eigenvalue weighted by molar-refractivity contribution is 0.277. The summed E-state index contributed by atoms with van der Waals surface area (Å²) in [7, 11) is -5.59. The topological polar surface area (TPSA) is 95.4 Å². The third kappa shape index (κ3) is 4.69. The van der Waals surface area contributed by atoms with Crippen molar-refractivity contribution in [1.29, 1.82) is 0 Å². The quantitative estimate of drug-likeness (QED) is 0.641. The van der Waals surface area contributed by atoms with Gasteiger partial charge in [0.2, 0.25) is 0 Å². The first kappa shape index (κ1) is 17.3. The number of sulfonamides is 1. The van der Waals surface area contributed by atoms with Crippen LogP contribution in [0.5, 0.6) is 0 Å². The Morgan fingerprint density at radius 2 is 2.00 bits per heavy atom. The van der Waals surface area contributed by atoms with Crippen molar-refractivity contribution in [1.82, 2.24) is 4.98 Å². The fourth-order valence-corrected chi connectivity index (χ4v) is 2.84. The van der Waals surface area contributed by atoms with E-state index in [0.717, 1.165) is 6.42 Å². The van der Waals surface area contributed by atoms with Crippen molar-refractivity contribution in [3.63, 3.8) is 0 Å². The molecule has 1 aromatic rings. The molecule has 0 bridgehead atoms. The van der Waals surface area contributed by atoms with Crippen LogP contribution in [0.25, 0.3) is 0 Å². The highest BCUT2D eigenvalue weighted by molar-refractivity contribution is 7.88. The molecule has 0 saturated carbocycles. The highest BCUT2D eigenvalue weighted by Crippen LogP contribution is 2.36. The predicted molar refractivity (Wildman–Crippen MR) is 79.3 cm³/mol. The Bertz CT molecular complexity index is 546. The molecule has 0 saturated heterocycles. The van der Waals surface area contributed by atoms with Crippen LogP contribution in [0.1, 0.15) is 33.0 Å². The molecule has 0 amide bonds. The Balaban J connectivity index is 2.45. The van der Waals surface area contributed by atoms with Crippen molar-refractivity contribution < 1.29 is 17.3 Å². The number of rotatable bonds is 6. The molecule has 0 radical (unpaired) electrons. The monoisotopic (exact) mass is 320 g/mol. The van der Waals surface area contributed by atoms with Gasteiger partial charge in [0.25, 0.3) is 10.0 Å². The van der Waals surface area contributed by atoms with E-state index in [1.807, 2.05) is 0 Å². The Hall–Kier alpha value is -0.703. The molecule has 6 nitrogen and oxygen atoms in total. The van der Waals surface area contributed by atoms with E-state index in [1.165, 1.54) is 6.20 Å². The van der Waals surface area contributed by atoms with Crippen molar-refractivity contribution in [3.8, 4) is 0 Å². The molecule has 116 valence electrons. The van der Waals surface area contributed by atoms with Gasteiger partial charge >= 0.3 is 5.22 Å². The summed E-state index contributed by atoms with van der Waals surface area (Å²) in [4.78, 5) is 3.64. The summed E-state index contributed by atoms with van der Waals surface area (Å²) in [5.41, 5.74) is 0. The summed E-state index contributed by atoms with van der Waals surface area (Å²) in [6.07, 6.45) is 2.73. The molecular formula is C12H24N2O4SSi. The zero-order chi connectivity index (χ0) is 15.6. The van der Waals surface area contributed by atoms with Gasteiger partial charge in [-0.2, -0.15) is 0 Å². The molecule has 1 heterocycles. The molecule has 8 heteroatoms. The van der Waals surface area contributed by atoms with Crippen molar-refractivity contribution in [2.75, 3.05) is 6.61 Å². The summed E-state index contributed by atoms with van der Waals surface area (Å²) >= 11 is 0. The number of aryl methyl sites for hydroxylation is 1. The number of aromatic nitrogens is 1. The molecule has 0 unspecified atom stereocenters. The molecule has 0 aliphatic carbocycles. The van der Waals surface area contributed by atoms with Crippen LogP contribution in [0.4, 0.5) is 0 Å². The zero-order valence-corrected chi connectivity index (χ0v) is 14.6. The van der Waals surface area contributed by atoms with Crippen LogP contribution in [0, 0.1) is 0 Å². The highest BCUT2D eigenvalue weighted by atomic mass is 32.2. The summed E-state index contributed by atoms with van der Waals surface area (Å²) < 4.78 is 33.1. The molecule has 0 aliphatic heterocycles. The summed E-state index contributed by atoms with van der Waals surface area (Å²) in [6, 6.07) is 0. The number of oxazole rings is 1. The van der Waals surface area contributed by atoms with E-state index in [4.69, 9.17) is 14.0 Å². The molecule has 1 rings (SSSR count). The summed E-state index contributed by atoms with van der Waals surface area (Å²) in [5.74, 6) is 0.507. The molecule has 2 N–H and O–H groups in total. The Labute approximate surface area is 121 Å². The number of hydrogen-bond donors (Lipinski definition) is 1. The van der Waals surface area contributed by atoms with E-state index in [1.54, 1.807) is 0 Å². The molecule has 0 spiro atoms. The van der Waals surface area contributed by atoms with Gasteiger partial charge in [-0.1, -0.05) is 20.8 Å². The van der Waals surface area contributed by atoms with Gasteiger partial charge in [-0.05, 0) is 24.6 Å². The third-order valence-electron chi connectivity index (χ3n) is 3.61. The average molecular weight is 320 g/mol. The minimum atomic E-state index is -3.86. The summed E-state index contributed by atoms with van der Waals surface area (Å²) in [5, 5.41) is 4.67. The van der Waals surface area contributed by atoms with Crippen LogP contribution in [-0.4, -0.2) is 28.3 Å². The lowest BCUT2D eigenvalue weighted by atomic mass is 10.2. The van der Waals surface area contributed by atoms with E-state index in [9.17, 15) is 8.42 Å². The number of primary sulfonamides is 1. The number of nitrogens with two attached hydrogens (primary N) is 1. The van der Waals surface area contributed by atoms with Crippen molar-refractivity contribution in [3.05, 3.63) is 12.0 Å². The van der Waals surface area contributed by atoms with Gasteiger partial charge in [-0.25, -0.2) is 18.5 Å². The maximum atomic E-state index is 11.0. The first-order valence-electron chi connectivity index (χ1n) is 6.55. The van der Waals surface area contributed by atoms with E-state index in [0.29, 0.717) is 18.8 Å².